The van der Waals surface area contributed by atoms with Gasteiger partial charge in [-0.15, -0.1) is 0 Å². The van der Waals surface area contributed by atoms with Gasteiger partial charge in [-0.25, -0.2) is 0 Å². The Morgan fingerprint density at radius 3 is 2.33 bits per heavy atom. The zero-order valence-electron chi connectivity index (χ0n) is 25.5. The Bertz CT molecular complexity index is 1060. The number of hydrogen-bond donors (Lipinski definition) is 2. The molecule has 0 atom stereocenters. The SMILES string of the molecule is CCn1c(C(=O)NCCCN2CCN(C)CC2)ccc1C(CC)(CC)c1ccc(OCCC(C)(C)O)c(C)c1. The fourth-order valence-corrected chi connectivity index (χ4v) is 5.78. The fourth-order valence-electron chi connectivity index (χ4n) is 5.78. The third-order valence-electron chi connectivity index (χ3n) is 8.46. The number of aliphatic hydroxyl groups is 1. The second kappa shape index (κ2) is 13.8. The van der Waals surface area contributed by atoms with E-state index in [1.165, 1.54) is 11.3 Å². The summed E-state index contributed by atoms with van der Waals surface area (Å²) in [6.45, 7) is 19.7. The number of amides is 1. The molecule has 0 bridgehead atoms. The van der Waals surface area contributed by atoms with Crippen LogP contribution in [0.25, 0.3) is 0 Å². The summed E-state index contributed by atoms with van der Waals surface area (Å²) in [5.41, 5.74) is 3.31. The molecule has 1 fully saturated rings. The molecular formula is C32H52N4O3. The van der Waals surface area contributed by atoms with Gasteiger partial charge in [0.1, 0.15) is 11.4 Å². The molecule has 1 aromatic heterocycles. The van der Waals surface area contributed by atoms with Crippen molar-refractivity contribution in [1.29, 1.82) is 0 Å². The molecule has 3 rings (SSSR count). The van der Waals surface area contributed by atoms with E-state index in [-0.39, 0.29) is 11.3 Å². The Labute approximate surface area is 236 Å². The van der Waals surface area contributed by atoms with Gasteiger partial charge in [-0.3, -0.25) is 4.79 Å². The molecule has 1 aromatic carbocycles. The molecule has 0 unspecified atom stereocenters. The number of likely N-dealkylation sites (N-methyl/N-ethyl adjacent to an activating group) is 1. The molecule has 0 radical (unpaired) electrons. The third-order valence-corrected chi connectivity index (χ3v) is 8.46. The van der Waals surface area contributed by atoms with Crippen molar-refractivity contribution in [1.82, 2.24) is 19.7 Å². The number of ether oxygens (including phenoxy) is 1. The van der Waals surface area contributed by atoms with Gasteiger partial charge in [0.05, 0.1) is 12.2 Å². The number of nitrogens with zero attached hydrogens (tertiary/aromatic N) is 3. The summed E-state index contributed by atoms with van der Waals surface area (Å²) >= 11 is 0. The first-order valence-corrected chi connectivity index (χ1v) is 14.9. The highest BCUT2D eigenvalue weighted by Gasteiger charge is 2.35. The lowest BCUT2D eigenvalue weighted by Crippen LogP contribution is -2.45. The van der Waals surface area contributed by atoms with Crippen LogP contribution in [0.3, 0.4) is 0 Å². The fraction of sp³-hybridized carbons (Fsp3) is 0.656. The Morgan fingerprint density at radius 2 is 1.74 bits per heavy atom. The summed E-state index contributed by atoms with van der Waals surface area (Å²) in [6.07, 6.45) is 3.40. The smallest absolute Gasteiger partial charge is 0.267 e. The molecule has 1 aliphatic rings. The van der Waals surface area contributed by atoms with Gasteiger partial charge in [-0.05, 0) is 89.9 Å². The number of carbonyl (C=O) groups is 1. The quantitative estimate of drug-likeness (QED) is 0.336. The zero-order valence-corrected chi connectivity index (χ0v) is 25.5. The third kappa shape index (κ3) is 7.86. The molecule has 2 N–H and O–H groups in total. The number of carbonyl (C=O) groups excluding carboxylic acids is 1. The van der Waals surface area contributed by atoms with Crippen molar-refractivity contribution in [2.45, 2.75) is 84.8 Å². The van der Waals surface area contributed by atoms with E-state index in [0.29, 0.717) is 19.6 Å². The molecule has 0 spiro atoms. The van der Waals surface area contributed by atoms with Crippen molar-refractivity contribution in [3.8, 4) is 5.75 Å². The van der Waals surface area contributed by atoms with Gasteiger partial charge >= 0.3 is 0 Å². The zero-order chi connectivity index (χ0) is 28.6. The summed E-state index contributed by atoms with van der Waals surface area (Å²) < 4.78 is 8.20. The molecule has 7 nitrogen and oxygen atoms in total. The summed E-state index contributed by atoms with van der Waals surface area (Å²) in [5.74, 6) is 0.862. The van der Waals surface area contributed by atoms with Crippen molar-refractivity contribution >= 4 is 5.91 Å². The van der Waals surface area contributed by atoms with Crippen LogP contribution in [0.15, 0.2) is 30.3 Å². The second-order valence-electron chi connectivity index (χ2n) is 11.8. The van der Waals surface area contributed by atoms with Crippen LogP contribution in [-0.4, -0.2) is 83.9 Å². The second-order valence-corrected chi connectivity index (χ2v) is 11.8. The molecule has 0 saturated carbocycles. The number of piperazine rings is 1. The van der Waals surface area contributed by atoms with E-state index in [1.807, 2.05) is 6.07 Å². The number of aryl methyl sites for hydroxylation is 1. The first kappa shape index (κ1) is 31.2. The molecular weight excluding hydrogens is 488 g/mol. The van der Waals surface area contributed by atoms with Crippen LogP contribution in [0.2, 0.25) is 0 Å². The lowest BCUT2D eigenvalue weighted by atomic mass is 9.72. The first-order valence-electron chi connectivity index (χ1n) is 14.9. The van der Waals surface area contributed by atoms with Crippen LogP contribution in [-0.2, 0) is 12.0 Å². The summed E-state index contributed by atoms with van der Waals surface area (Å²) in [7, 11) is 2.17. The lowest BCUT2D eigenvalue weighted by molar-refractivity contribution is 0.0552. The van der Waals surface area contributed by atoms with Gasteiger partial charge in [-0.1, -0.05) is 26.0 Å². The number of benzene rings is 1. The monoisotopic (exact) mass is 540 g/mol. The number of nitrogens with one attached hydrogen (secondary N) is 1. The first-order chi connectivity index (χ1) is 18.5. The molecule has 2 heterocycles. The minimum Gasteiger partial charge on any atom is -0.493 e. The normalized spacial score (nSPS) is 15.5. The minimum atomic E-state index is -0.742. The molecule has 0 aliphatic carbocycles. The van der Waals surface area contributed by atoms with Gasteiger partial charge in [0.15, 0.2) is 0 Å². The maximum absolute atomic E-state index is 13.3. The average molecular weight is 541 g/mol. The van der Waals surface area contributed by atoms with E-state index in [9.17, 15) is 9.90 Å². The average Bonchev–Trinajstić information content (AvgIpc) is 3.34. The molecule has 7 heteroatoms. The van der Waals surface area contributed by atoms with Crippen LogP contribution in [0.1, 0.15) is 87.6 Å². The minimum absolute atomic E-state index is 0.00863. The van der Waals surface area contributed by atoms with Crippen molar-refractivity contribution in [2.75, 3.05) is 52.9 Å². The van der Waals surface area contributed by atoms with Crippen molar-refractivity contribution in [2.24, 2.45) is 0 Å². The van der Waals surface area contributed by atoms with Crippen molar-refractivity contribution in [3.05, 3.63) is 52.8 Å². The summed E-state index contributed by atoms with van der Waals surface area (Å²) in [6, 6.07) is 10.6. The lowest BCUT2D eigenvalue weighted by Gasteiger charge is -2.34. The molecule has 218 valence electrons. The molecule has 1 amide bonds. The number of rotatable bonds is 14. The maximum Gasteiger partial charge on any atom is 0.267 e. The Morgan fingerprint density at radius 1 is 1.05 bits per heavy atom. The van der Waals surface area contributed by atoms with Crippen LogP contribution >= 0.6 is 0 Å². The molecule has 1 saturated heterocycles. The van der Waals surface area contributed by atoms with E-state index in [2.05, 4.69) is 78.7 Å². The van der Waals surface area contributed by atoms with Gasteiger partial charge in [0.2, 0.25) is 0 Å². The van der Waals surface area contributed by atoms with E-state index in [1.54, 1.807) is 13.8 Å². The van der Waals surface area contributed by atoms with Gasteiger partial charge in [0, 0.05) is 56.8 Å². The van der Waals surface area contributed by atoms with Gasteiger partial charge in [-0.2, -0.15) is 0 Å². The van der Waals surface area contributed by atoms with E-state index < -0.39 is 5.60 Å². The topological polar surface area (TPSA) is 70.0 Å². The maximum atomic E-state index is 13.3. The predicted octanol–water partition coefficient (Wildman–Crippen LogP) is 4.83. The van der Waals surface area contributed by atoms with E-state index in [0.717, 1.165) is 75.5 Å². The largest absolute Gasteiger partial charge is 0.493 e. The summed E-state index contributed by atoms with van der Waals surface area (Å²) in [4.78, 5) is 18.1. The van der Waals surface area contributed by atoms with Crippen LogP contribution in [0.4, 0.5) is 0 Å². The Balaban J connectivity index is 1.73. The highest BCUT2D eigenvalue weighted by atomic mass is 16.5. The predicted molar refractivity (Wildman–Crippen MR) is 160 cm³/mol. The van der Waals surface area contributed by atoms with E-state index >= 15 is 0 Å². The Hall–Kier alpha value is -2.35. The van der Waals surface area contributed by atoms with Gasteiger partial charge in [0.25, 0.3) is 5.91 Å². The number of hydrogen-bond acceptors (Lipinski definition) is 5. The van der Waals surface area contributed by atoms with Crippen molar-refractivity contribution in [3.63, 3.8) is 0 Å². The standard InChI is InChI=1S/C32H52N4O3/c1-8-32(9-2,26-12-14-28(25(4)24-26)39-23-16-31(5,6)38)29-15-13-27(36(29)10-3)30(37)33-17-11-18-35-21-19-34(7)20-22-35/h12-15,24,38H,8-11,16-23H2,1-7H3,(H,33,37). The summed E-state index contributed by atoms with van der Waals surface area (Å²) in [5, 5.41) is 13.2. The molecule has 2 aromatic rings. The van der Waals surface area contributed by atoms with Crippen LogP contribution < -0.4 is 10.1 Å². The van der Waals surface area contributed by atoms with Crippen LogP contribution in [0, 0.1) is 6.92 Å². The highest BCUT2D eigenvalue weighted by molar-refractivity contribution is 5.93. The van der Waals surface area contributed by atoms with E-state index in [4.69, 9.17) is 4.74 Å². The molecule has 39 heavy (non-hydrogen) atoms. The number of aromatic nitrogens is 1. The Kier molecular flexibility index (Phi) is 11.1. The van der Waals surface area contributed by atoms with Crippen molar-refractivity contribution < 1.29 is 14.6 Å². The highest BCUT2D eigenvalue weighted by Crippen LogP contribution is 2.41. The molecule has 1 aliphatic heterocycles. The van der Waals surface area contributed by atoms with Gasteiger partial charge < -0.3 is 29.5 Å². The van der Waals surface area contributed by atoms with Crippen LogP contribution in [0.5, 0.6) is 5.75 Å².